The highest BCUT2D eigenvalue weighted by molar-refractivity contribution is 7.08. The molecular weight excluding hydrogens is 234 g/mol. The standard InChI is InChI=1S/C9H7NO2S.C4H6/c11-9(12)8-3-7(4-10-8)6-1-2-13-5-6;1-3-4-2/h1-5,10H,(H,11,12);1-2H3. The second-order valence-electron chi connectivity index (χ2n) is 3.12. The van der Waals surface area contributed by atoms with Crippen molar-refractivity contribution >= 4 is 17.3 Å². The Morgan fingerprint density at radius 3 is 2.47 bits per heavy atom. The molecule has 0 radical (unpaired) electrons. The van der Waals surface area contributed by atoms with Crippen molar-refractivity contribution in [3.8, 4) is 23.0 Å². The van der Waals surface area contributed by atoms with Gasteiger partial charge in [0.25, 0.3) is 0 Å². The third-order valence-corrected chi connectivity index (χ3v) is 2.70. The van der Waals surface area contributed by atoms with Gasteiger partial charge in [0.1, 0.15) is 5.69 Å². The molecule has 2 N–H and O–H groups in total. The van der Waals surface area contributed by atoms with E-state index in [1.807, 2.05) is 30.7 Å². The number of carboxylic acid groups (broad SMARTS) is 1. The fourth-order valence-electron chi connectivity index (χ4n) is 1.11. The van der Waals surface area contributed by atoms with E-state index in [2.05, 4.69) is 16.8 Å². The van der Waals surface area contributed by atoms with Crippen LogP contribution in [0, 0.1) is 11.8 Å². The summed E-state index contributed by atoms with van der Waals surface area (Å²) >= 11 is 1.59. The Bertz CT molecular complexity index is 523. The molecule has 3 nitrogen and oxygen atoms in total. The number of rotatable bonds is 2. The molecule has 0 bridgehead atoms. The zero-order valence-corrected chi connectivity index (χ0v) is 10.5. The highest BCUT2D eigenvalue weighted by atomic mass is 32.1. The van der Waals surface area contributed by atoms with E-state index in [4.69, 9.17) is 5.11 Å². The number of H-pyrrole nitrogens is 1. The Labute approximate surface area is 104 Å². The number of hydrogen-bond donors (Lipinski definition) is 2. The molecule has 0 unspecified atom stereocenters. The molecule has 0 fully saturated rings. The quantitative estimate of drug-likeness (QED) is 0.798. The third kappa shape index (κ3) is 3.82. The molecule has 0 amide bonds. The van der Waals surface area contributed by atoms with Gasteiger partial charge in [0.15, 0.2) is 0 Å². The van der Waals surface area contributed by atoms with E-state index < -0.39 is 5.97 Å². The summed E-state index contributed by atoms with van der Waals surface area (Å²) in [7, 11) is 0. The van der Waals surface area contributed by atoms with Crippen molar-refractivity contribution in [1.29, 1.82) is 0 Å². The average molecular weight is 247 g/mol. The normalized spacial score (nSPS) is 8.59. The fraction of sp³-hybridized carbons (Fsp3) is 0.154. The maximum absolute atomic E-state index is 10.6. The van der Waals surface area contributed by atoms with Crippen LogP contribution in [0.5, 0.6) is 0 Å². The second kappa shape index (κ2) is 6.56. The third-order valence-electron chi connectivity index (χ3n) is 2.02. The van der Waals surface area contributed by atoms with Gasteiger partial charge in [-0.15, -0.1) is 11.8 Å². The van der Waals surface area contributed by atoms with E-state index in [0.717, 1.165) is 11.1 Å². The Balaban J connectivity index is 0.000000317. The lowest BCUT2D eigenvalue weighted by atomic mass is 10.2. The lowest BCUT2D eigenvalue weighted by Crippen LogP contribution is -1.94. The summed E-state index contributed by atoms with van der Waals surface area (Å²) in [4.78, 5) is 13.3. The molecule has 2 rings (SSSR count). The first-order valence-electron chi connectivity index (χ1n) is 4.96. The molecule has 0 aromatic carbocycles. The maximum Gasteiger partial charge on any atom is 0.352 e. The zero-order valence-electron chi connectivity index (χ0n) is 9.65. The minimum absolute atomic E-state index is 0.223. The predicted molar refractivity (Wildman–Crippen MR) is 70.2 cm³/mol. The molecule has 88 valence electrons. The summed E-state index contributed by atoms with van der Waals surface area (Å²) < 4.78 is 0. The summed E-state index contributed by atoms with van der Waals surface area (Å²) in [5.41, 5.74) is 2.19. The van der Waals surface area contributed by atoms with Gasteiger partial charge >= 0.3 is 5.97 Å². The van der Waals surface area contributed by atoms with Crippen molar-refractivity contribution in [3.63, 3.8) is 0 Å². The van der Waals surface area contributed by atoms with E-state index in [1.54, 1.807) is 23.6 Å². The number of hydrogen-bond acceptors (Lipinski definition) is 2. The molecular formula is C13H13NO2S. The van der Waals surface area contributed by atoms with E-state index in [1.165, 1.54) is 0 Å². The topological polar surface area (TPSA) is 53.1 Å². The monoisotopic (exact) mass is 247 g/mol. The Morgan fingerprint density at radius 2 is 2.06 bits per heavy atom. The van der Waals surface area contributed by atoms with Crippen molar-refractivity contribution in [2.75, 3.05) is 0 Å². The summed E-state index contributed by atoms with van der Waals surface area (Å²) in [6, 6.07) is 3.59. The molecule has 0 saturated heterocycles. The lowest BCUT2D eigenvalue weighted by Gasteiger charge is -1.86. The average Bonchev–Trinajstić information content (AvgIpc) is 2.99. The van der Waals surface area contributed by atoms with Crippen LogP contribution in [0.15, 0.2) is 29.1 Å². The van der Waals surface area contributed by atoms with Gasteiger partial charge in [0.05, 0.1) is 0 Å². The van der Waals surface area contributed by atoms with Gasteiger partial charge in [-0.1, -0.05) is 0 Å². The van der Waals surface area contributed by atoms with Crippen LogP contribution in [0.3, 0.4) is 0 Å². The van der Waals surface area contributed by atoms with Gasteiger partial charge < -0.3 is 10.1 Å². The molecule has 17 heavy (non-hydrogen) atoms. The molecule has 0 aliphatic heterocycles. The highest BCUT2D eigenvalue weighted by Gasteiger charge is 2.06. The van der Waals surface area contributed by atoms with Crippen LogP contribution in [-0.2, 0) is 0 Å². The number of nitrogens with one attached hydrogen (secondary N) is 1. The van der Waals surface area contributed by atoms with Crippen LogP contribution < -0.4 is 0 Å². The van der Waals surface area contributed by atoms with Crippen molar-refractivity contribution < 1.29 is 9.90 Å². The number of aromatic carboxylic acids is 1. The number of aromatic amines is 1. The Morgan fingerprint density at radius 1 is 1.35 bits per heavy atom. The van der Waals surface area contributed by atoms with Crippen molar-refractivity contribution in [1.82, 2.24) is 4.98 Å². The van der Waals surface area contributed by atoms with Gasteiger partial charge in [0.2, 0.25) is 0 Å². The second-order valence-corrected chi connectivity index (χ2v) is 3.90. The van der Waals surface area contributed by atoms with Crippen molar-refractivity contribution in [2.45, 2.75) is 13.8 Å². The van der Waals surface area contributed by atoms with Gasteiger partial charge in [-0.05, 0) is 42.3 Å². The van der Waals surface area contributed by atoms with Gasteiger partial charge in [-0.3, -0.25) is 0 Å². The largest absolute Gasteiger partial charge is 0.477 e. The van der Waals surface area contributed by atoms with Crippen LogP contribution in [0.25, 0.3) is 11.1 Å². The molecule has 4 heteroatoms. The molecule has 0 atom stereocenters. The van der Waals surface area contributed by atoms with Crippen molar-refractivity contribution in [3.05, 3.63) is 34.8 Å². The summed E-state index contributed by atoms with van der Waals surface area (Å²) in [5, 5.41) is 12.6. The molecule has 2 heterocycles. The summed E-state index contributed by atoms with van der Waals surface area (Å²) in [6.07, 6.45) is 1.70. The zero-order chi connectivity index (χ0) is 12.7. The van der Waals surface area contributed by atoms with Crippen LogP contribution in [0.1, 0.15) is 24.3 Å². The molecule has 2 aromatic rings. The lowest BCUT2D eigenvalue weighted by molar-refractivity contribution is 0.0691. The SMILES string of the molecule is CC#CC.O=C(O)c1cc(-c2ccsc2)c[nH]1. The molecule has 0 aliphatic carbocycles. The first-order chi connectivity index (χ1) is 8.19. The molecule has 0 aliphatic rings. The number of carbonyl (C=O) groups is 1. The highest BCUT2D eigenvalue weighted by Crippen LogP contribution is 2.22. The Kier molecular flexibility index (Phi) is 5.05. The van der Waals surface area contributed by atoms with E-state index in [9.17, 15) is 4.79 Å². The van der Waals surface area contributed by atoms with E-state index >= 15 is 0 Å². The smallest absolute Gasteiger partial charge is 0.352 e. The number of aromatic nitrogens is 1. The van der Waals surface area contributed by atoms with Crippen LogP contribution in [0.2, 0.25) is 0 Å². The number of thiophene rings is 1. The first kappa shape index (κ1) is 13.1. The minimum Gasteiger partial charge on any atom is -0.477 e. The van der Waals surface area contributed by atoms with Crippen LogP contribution in [-0.4, -0.2) is 16.1 Å². The Hall–Kier alpha value is -1.99. The molecule has 2 aromatic heterocycles. The summed E-state index contributed by atoms with van der Waals surface area (Å²) in [6.45, 7) is 3.64. The fourth-order valence-corrected chi connectivity index (χ4v) is 1.78. The number of carboxylic acids is 1. The van der Waals surface area contributed by atoms with Gasteiger partial charge in [0, 0.05) is 11.8 Å². The van der Waals surface area contributed by atoms with E-state index in [0.29, 0.717) is 0 Å². The van der Waals surface area contributed by atoms with Crippen LogP contribution in [0.4, 0.5) is 0 Å². The first-order valence-corrected chi connectivity index (χ1v) is 5.91. The maximum atomic E-state index is 10.6. The van der Waals surface area contributed by atoms with Gasteiger partial charge in [-0.2, -0.15) is 11.3 Å². The predicted octanol–water partition coefficient (Wildman–Crippen LogP) is 3.47. The van der Waals surface area contributed by atoms with Crippen LogP contribution >= 0.6 is 11.3 Å². The van der Waals surface area contributed by atoms with E-state index in [-0.39, 0.29) is 5.69 Å². The van der Waals surface area contributed by atoms with Crippen molar-refractivity contribution in [2.24, 2.45) is 0 Å². The molecule has 0 saturated carbocycles. The van der Waals surface area contributed by atoms with Gasteiger partial charge in [-0.25, -0.2) is 4.79 Å². The minimum atomic E-state index is -0.929. The molecule has 0 spiro atoms. The summed E-state index contributed by atoms with van der Waals surface area (Å²) in [5.74, 6) is 4.43.